The normalized spacial score (nSPS) is 19.6. The zero-order chi connectivity index (χ0) is 14.2. The van der Waals surface area contributed by atoms with Crippen LogP contribution >= 0.6 is 11.5 Å². The minimum absolute atomic E-state index is 0.0319. The first kappa shape index (κ1) is 14.0. The number of hydrogen-bond donors (Lipinski definition) is 1. The van der Waals surface area contributed by atoms with E-state index in [2.05, 4.69) is 9.27 Å². The number of amides is 1. The Kier molecular flexibility index (Phi) is 3.86. The van der Waals surface area contributed by atoms with Gasteiger partial charge in [0.2, 0.25) is 5.91 Å². The number of aromatic nitrogens is 1. The molecule has 1 unspecified atom stereocenters. The van der Waals surface area contributed by atoms with Crippen LogP contribution in [0.3, 0.4) is 0 Å². The van der Waals surface area contributed by atoms with Crippen LogP contribution in [0, 0.1) is 12.8 Å². The summed E-state index contributed by atoms with van der Waals surface area (Å²) in [5.74, 6) is -1.13. The highest BCUT2D eigenvalue weighted by Gasteiger charge is 2.31. The minimum atomic E-state index is -1.04. The number of likely N-dealkylation sites (tertiary alicyclic amines) is 1. The zero-order valence-electron chi connectivity index (χ0n) is 11.2. The van der Waals surface area contributed by atoms with Gasteiger partial charge in [-0.3, -0.25) is 4.79 Å². The van der Waals surface area contributed by atoms with Crippen molar-refractivity contribution in [2.45, 2.75) is 13.3 Å². The lowest BCUT2D eigenvalue weighted by Gasteiger charge is -2.19. The van der Waals surface area contributed by atoms with E-state index >= 15 is 0 Å². The first-order valence-electron chi connectivity index (χ1n) is 6.07. The van der Waals surface area contributed by atoms with E-state index in [0.717, 1.165) is 31.0 Å². The Bertz CT molecular complexity index is 514. The number of aromatic carboxylic acids is 1. The molecule has 6 nitrogen and oxygen atoms in total. The fraction of sp³-hybridized carbons (Fsp3) is 0.583. The summed E-state index contributed by atoms with van der Waals surface area (Å²) in [5.41, 5.74) is 0.586. The second kappa shape index (κ2) is 5.26. The summed E-state index contributed by atoms with van der Waals surface area (Å²) in [4.78, 5) is 27.1. The minimum Gasteiger partial charge on any atom is -0.478 e. The monoisotopic (exact) mass is 283 g/mol. The Labute approximate surface area is 115 Å². The molecule has 1 aromatic heterocycles. The van der Waals surface area contributed by atoms with Crippen molar-refractivity contribution in [2.75, 3.05) is 32.1 Å². The SMILES string of the molecule is Cc1nsc(N(C)C(=O)C2CCN(C)C2)c1C(=O)O. The molecule has 104 valence electrons. The third-order valence-electron chi connectivity index (χ3n) is 3.43. The van der Waals surface area contributed by atoms with Crippen molar-refractivity contribution in [3.63, 3.8) is 0 Å². The highest BCUT2D eigenvalue weighted by molar-refractivity contribution is 7.11. The van der Waals surface area contributed by atoms with Gasteiger partial charge in [-0.15, -0.1) is 0 Å². The number of hydrogen-bond acceptors (Lipinski definition) is 5. The van der Waals surface area contributed by atoms with Gasteiger partial charge in [0.05, 0.1) is 11.6 Å². The number of carboxylic acids is 1. The summed E-state index contributed by atoms with van der Waals surface area (Å²) >= 11 is 1.06. The molecule has 0 aliphatic carbocycles. The second-order valence-electron chi connectivity index (χ2n) is 4.90. The van der Waals surface area contributed by atoms with Crippen LogP contribution in [0.15, 0.2) is 0 Å². The first-order valence-corrected chi connectivity index (χ1v) is 6.84. The number of nitrogens with zero attached hydrogens (tertiary/aromatic N) is 3. The van der Waals surface area contributed by atoms with Gasteiger partial charge < -0.3 is 14.9 Å². The maximum absolute atomic E-state index is 12.4. The molecular weight excluding hydrogens is 266 g/mol. The summed E-state index contributed by atoms with van der Waals surface area (Å²) < 4.78 is 4.04. The molecule has 0 spiro atoms. The van der Waals surface area contributed by atoms with Crippen molar-refractivity contribution < 1.29 is 14.7 Å². The van der Waals surface area contributed by atoms with Crippen LogP contribution in [0.25, 0.3) is 0 Å². The van der Waals surface area contributed by atoms with Crippen LogP contribution in [0.1, 0.15) is 22.5 Å². The molecule has 1 saturated heterocycles. The van der Waals surface area contributed by atoms with Gasteiger partial charge in [0.25, 0.3) is 0 Å². The number of anilines is 1. The van der Waals surface area contributed by atoms with Crippen LogP contribution in [0.4, 0.5) is 5.00 Å². The van der Waals surface area contributed by atoms with Crippen LogP contribution in [0.2, 0.25) is 0 Å². The summed E-state index contributed by atoms with van der Waals surface area (Å²) in [6.45, 7) is 3.27. The molecular formula is C12H17N3O3S. The molecule has 0 bridgehead atoms. The average Bonchev–Trinajstić information content (AvgIpc) is 2.93. The molecule has 0 radical (unpaired) electrons. The molecule has 1 amide bonds. The van der Waals surface area contributed by atoms with Crippen molar-refractivity contribution in [1.82, 2.24) is 9.27 Å². The molecule has 1 atom stereocenters. The number of carbonyl (C=O) groups excluding carboxylic acids is 1. The number of carbonyl (C=O) groups is 2. The quantitative estimate of drug-likeness (QED) is 0.898. The van der Waals surface area contributed by atoms with Crippen molar-refractivity contribution in [2.24, 2.45) is 5.92 Å². The Morgan fingerprint density at radius 3 is 2.74 bits per heavy atom. The van der Waals surface area contributed by atoms with E-state index in [4.69, 9.17) is 0 Å². The average molecular weight is 283 g/mol. The molecule has 19 heavy (non-hydrogen) atoms. The van der Waals surface area contributed by atoms with Gasteiger partial charge in [0.1, 0.15) is 10.6 Å². The van der Waals surface area contributed by atoms with Gasteiger partial charge >= 0.3 is 5.97 Å². The lowest BCUT2D eigenvalue weighted by molar-refractivity contribution is -0.121. The van der Waals surface area contributed by atoms with Gasteiger partial charge in [-0.25, -0.2) is 4.79 Å². The van der Waals surface area contributed by atoms with Crippen LogP contribution in [-0.4, -0.2) is 53.4 Å². The van der Waals surface area contributed by atoms with Crippen molar-refractivity contribution in [3.8, 4) is 0 Å². The molecule has 1 fully saturated rings. The summed E-state index contributed by atoms with van der Waals surface area (Å²) in [6, 6.07) is 0. The number of aryl methyl sites for hydroxylation is 1. The Hall–Kier alpha value is -1.47. The predicted octanol–water partition coefficient (Wildman–Crippen LogP) is 1.06. The third kappa shape index (κ3) is 2.62. The fourth-order valence-corrected chi connectivity index (χ4v) is 3.20. The van der Waals surface area contributed by atoms with E-state index in [1.165, 1.54) is 4.90 Å². The Morgan fingerprint density at radius 1 is 1.53 bits per heavy atom. The van der Waals surface area contributed by atoms with E-state index in [-0.39, 0.29) is 17.4 Å². The van der Waals surface area contributed by atoms with Gasteiger partial charge in [-0.05, 0) is 38.5 Å². The van der Waals surface area contributed by atoms with Gasteiger partial charge in [0.15, 0.2) is 0 Å². The van der Waals surface area contributed by atoms with Crippen LogP contribution in [0.5, 0.6) is 0 Å². The highest BCUT2D eigenvalue weighted by Crippen LogP contribution is 2.30. The predicted molar refractivity (Wildman–Crippen MR) is 72.8 cm³/mol. The molecule has 7 heteroatoms. The topological polar surface area (TPSA) is 73.7 Å². The van der Waals surface area contributed by atoms with Crippen molar-refractivity contribution in [1.29, 1.82) is 0 Å². The van der Waals surface area contributed by atoms with E-state index < -0.39 is 5.97 Å². The highest BCUT2D eigenvalue weighted by atomic mass is 32.1. The van der Waals surface area contributed by atoms with Crippen molar-refractivity contribution in [3.05, 3.63) is 11.3 Å². The molecule has 0 aromatic carbocycles. The van der Waals surface area contributed by atoms with E-state index in [9.17, 15) is 14.7 Å². The van der Waals surface area contributed by atoms with E-state index in [0.29, 0.717) is 10.7 Å². The van der Waals surface area contributed by atoms with E-state index in [1.54, 1.807) is 14.0 Å². The lowest BCUT2D eigenvalue weighted by Crippen LogP contribution is -2.34. The summed E-state index contributed by atoms with van der Waals surface area (Å²) in [6.07, 6.45) is 0.819. The lowest BCUT2D eigenvalue weighted by atomic mass is 10.1. The van der Waals surface area contributed by atoms with Crippen LogP contribution < -0.4 is 4.90 Å². The van der Waals surface area contributed by atoms with Gasteiger partial charge in [0, 0.05) is 13.6 Å². The molecule has 1 N–H and O–H groups in total. The largest absolute Gasteiger partial charge is 0.478 e. The molecule has 1 aliphatic rings. The Morgan fingerprint density at radius 2 is 2.21 bits per heavy atom. The number of rotatable bonds is 3. The molecule has 1 aromatic rings. The first-order chi connectivity index (χ1) is 8.91. The zero-order valence-corrected chi connectivity index (χ0v) is 12.0. The maximum atomic E-state index is 12.4. The molecule has 2 rings (SSSR count). The molecule has 0 saturated carbocycles. The van der Waals surface area contributed by atoms with Crippen LogP contribution in [-0.2, 0) is 4.79 Å². The Balaban J connectivity index is 2.22. The standard InChI is InChI=1S/C12H17N3O3S/c1-7-9(12(17)18)11(19-13-7)15(3)10(16)8-4-5-14(2)6-8/h8H,4-6H2,1-3H3,(H,17,18). The maximum Gasteiger partial charge on any atom is 0.340 e. The second-order valence-corrected chi connectivity index (χ2v) is 5.65. The van der Waals surface area contributed by atoms with Gasteiger partial charge in [-0.1, -0.05) is 0 Å². The molecule has 2 heterocycles. The van der Waals surface area contributed by atoms with E-state index in [1.807, 2.05) is 7.05 Å². The summed E-state index contributed by atoms with van der Waals surface area (Å²) in [7, 11) is 3.60. The smallest absolute Gasteiger partial charge is 0.340 e. The number of carboxylic acid groups (broad SMARTS) is 1. The van der Waals surface area contributed by atoms with Crippen molar-refractivity contribution >= 4 is 28.4 Å². The third-order valence-corrected chi connectivity index (χ3v) is 4.45. The fourth-order valence-electron chi connectivity index (χ4n) is 2.34. The van der Waals surface area contributed by atoms with Gasteiger partial charge in [-0.2, -0.15) is 4.37 Å². The molecule has 1 aliphatic heterocycles. The summed E-state index contributed by atoms with van der Waals surface area (Å²) in [5, 5.41) is 9.61.